The molecule has 0 N–H and O–H groups in total. The summed E-state index contributed by atoms with van der Waals surface area (Å²) in [4.78, 5) is 28.9. The van der Waals surface area contributed by atoms with E-state index in [1.165, 1.54) is 18.2 Å². The Morgan fingerprint density at radius 2 is 1.69 bits per heavy atom. The average molecular weight is 410 g/mol. The first kappa shape index (κ1) is 19.0. The minimum Gasteiger partial charge on any atom is -0.457 e. The molecule has 0 atom stereocenters. The molecule has 0 unspecified atom stereocenters. The van der Waals surface area contributed by atoms with E-state index in [-0.39, 0.29) is 22.0 Å². The second kappa shape index (κ2) is 6.94. The topological polar surface area (TPSA) is 61.2 Å². The minimum atomic E-state index is -2.30. The van der Waals surface area contributed by atoms with Crippen LogP contribution in [0.4, 0.5) is 22.0 Å². The van der Waals surface area contributed by atoms with E-state index < -0.39 is 47.2 Å². The maximum absolute atomic E-state index is 13.7. The molecule has 10 heteroatoms. The Balaban J connectivity index is 1.62. The van der Waals surface area contributed by atoms with Crippen molar-refractivity contribution in [1.82, 2.24) is 9.55 Å². The second-order valence-electron chi connectivity index (χ2n) is 6.44. The predicted octanol–water partition coefficient (Wildman–Crippen LogP) is 3.40. The van der Waals surface area contributed by atoms with Crippen LogP contribution in [0.1, 0.15) is 28.2 Å². The normalized spacial score (nSPS) is 13.0. The van der Waals surface area contributed by atoms with Gasteiger partial charge in [0, 0.05) is 13.0 Å². The molecule has 0 saturated heterocycles. The number of esters is 1. The summed E-state index contributed by atoms with van der Waals surface area (Å²) in [5.41, 5.74) is -1.35. The molecule has 0 fully saturated rings. The molecule has 5 nitrogen and oxygen atoms in total. The first-order chi connectivity index (χ1) is 13.8. The molecular weight excluding hydrogens is 399 g/mol. The zero-order chi connectivity index (χ0) is 20.9. The maximum atomic E-state index is 13.7. The Labute approximate surface area is 159 Å². The zero-order valence-corrected chi connectivity index (χ0v) is 14.6. The molecular formula is C19H11F5N2O3. The van der Waals surface area contributed by atoms with Crippen molar-refractivity contribution in [2.24, 2.45) is 0 Å². The molecule has 0 amide bonds. The van der Waals surface area contributed by atoms with Gasteiger partial charge in [-0.15, -0.1) is 0 Å². The molecule has 0 saturated carbocycles. The van der Waals surface area contributed by atoms with E-state index >= 15 is 0 Å². The van der Waals surface area contributed by atoms with Crippen LogP contribution in [0.3, 0.4) is 0 Å². The summed E-state index contributed by atoms with van der Waals surface area (Å²) in [6.07, 6.45) is 1.38. The van der Waals surface area contributed by atoms with E-state index in [2.05, 4.69) is 4.98 Å². The smallest absolute Gasteiger partial charge is 0.338 e. The summed E-state index contributed by atoms with van der Waals surface area (Å²) in [5.74, 6) is -11.2. The molecule has 1 aromatic heterocycles. The van der Waals surface area contributed by atoms with Gasteiger partial charge in [0.2, 0.25) is 5.82 Å². The number of aryl methyl sites for hydroxylation is 1. The number of carbonyl (C=O) groups excluding carboxylic acids is 1. The van der Waals surface area contributed by atoms with Crippen LogP contribution in [0, 0.1) is 29.1 Å². The van der Waals surface area contributed by atoms with Gasteiger partial charge in [-0.3, -0.25) is 9.36 Å². The van der Waals surface area contributed by atoms with E-state index in [9.17, 15) is 31.5 Å². The van der Waals surface area contributed by atoms with Gasteiger partial charge in [0.1, 0.15) is 12.4 Å². The van der Waals surface area contributed by atoms with Gasteiger partial charge in [0.15, 0.2) is 23.3 Å². The van der Waals surface area contributed by atoms with Crippen LogP contribution in [0.15, 0.2) is 23.0 Å². The third kappa shape index (κ3) is 3.04. The van der Waals surface area contributed by atoms with E-state index in [1.807, 2.05) is 0 Å². The van der Waals surface area contributed by atoms with Crippen LogP contribution in [0.5, 0.6) is 0 Å². The molecule has 1 aliphatic rings. The van der Waals surface area contributed by atoms with Gasteiger partial charge >= 0.3 is 5.97 Å². The Bertz CT molecular complexity index is 1210. The maximum Gasteiger partial charge on any atom is 0.338 e. The van der Waals surface area contributed by atoms with Crippen LogP contribution in [0.25, 0.3) is 10.9 Å². The van der Waals surface area contributed by atoms with Crippen molar-refractivity contribution in [1.29, 1.82) is 0 Å². The van der Waals surface area contributed by atoms with Gasteiger partial charge < -0.3 is 4.74 Å². The molecule has 4 rings (SSSR count). The van der Waals surface area contributed by atoms with Gasteiger partial charge in [-0.05, 0) is 24.6 Å². The Hall–Kier alpha value is -3.30. The summed E-state index contributed by atoms with van der Waals surface area (Å²) >= 11 is 0. The van der Waals surface area contributed by atoms with E-state index in [1.54, 1.807) is 4.57 Å². The van der Waals surface area contributed by atoms with Crippen molar-refractivity contribution >= 4 is 16.9 Å². The Morgan fingerprint density at radius 1 is 1.03 bits per heavy atom. The third-order valence-electron chi connectivity index (χ3n) is 4.70. The molecule has 0 bridgehead atoms. The highest BCUT2D eigenvalue weighted by Gasteiger charge is 2.26. The highest BCUT2D eigenvalue weighted by atomic mass is 19.2. The SMILES string of the molecule is O=C(OCc1c(F)c(F)c(F)c(F)c1F)c1ccc2c(=O)n3c(nc2c1)CCC3. The number of hydrogen-bond acceptors (Lipinski definition) is 4. The molecule has 1 aliphatic heterocycles. The number of nitrogens with zero attached hydrogens (tertiary/aromatic N) is 2. The van der Waals surface area contributed by atoms with Crippen LogP contribution in [-0.2, 0) is 24.3 Å². The molecule has 2 aromatic carbocycles. The molecule has 3 aromatic rings. The summed E-state index contributed by atoms with van der Waals surface area (Å²) < 4.78 is 73.1. The lowest BCUT2D eigenvalue weighted by Crippen LogP contribution is -2.21. The van der Waals surface area contributed by atoms with Gasteiger partial charge in [0.25, 0.3) is 5.56 Å². The Kier molecular flexibility index (Phi) is 4.56. The number of hydrogen-bond donors (Lipinski definition) is 0. The van der Waals surface area contributed by atoms with E-state index in [0.717, 1.165) is 6.42 Å². The lowest BCUT2D eigenvalue weighted by molar-refractivity contribution is 0.0462. The van der Waals surface area contributed by atoms with Crippen LogP contribution in [-0.4, -0.2) is 15.5 Å². The van der Waals surface area contributed by atoms with Crippen molar-refractivity contribution < 1.29 is 31.5 Å². The number of halogens is 5. The van der Waals surface area contributed by atoms with Crippen molar-refractivity contribution in [2.45, 2.75) is 26.0 Å². The summed E-state index contributed by atoms with van der Waals surface area (Å²) in [5, 5.41) is 0.284. The second-order valence-corrected chi connectivity index (χ2v) is 6.44. The Morgan fingerprint density at radius 3 is 2.38 bits per heavy atom. The van der Waals surface area contributed by atoms with Crippen LogP contribution in [0.2, 0.25) is 0 Å². The minimum absolute atomic E-state index is 0.0868. The number of benzene rings is 2. The first-order valence-electron chi connectivity index (χ1n) is 8.50. The highest BCUT2D eigenvalue weighted by Crippen LogP contribution is 2.24. The average Bonchev–Trinajstić information content (AvgIpc) is 3.19. The lowest BCUT2D eigenvalue weighted by atomic mass is 10.1. The number of aromatic nitrogens is 2. The quantitative estimate of drug-likeness (QED) is 0.288. The molecule has 150 valence electrons. The molecule has 2 heterocycles. The van der Waals surface area contributed by atoms with E-state index in [4.69, 9.17) is 4.74 Å². The fraction of sp³-hybridized carbons (Fsp3) is 0.211. The standard InChI is InChI=1S/C19H11F5N2O3/c20-13-10(14(21)16(23)17(24)15(13)22)7-29-19(28)8-3-4-9-11(6-8)25-12-2-1-5-26(12)18(9)27/h3-4,6H,1-2,5,7H2. The molecule has 0 aliphatic carbocycles. The van der Waals surface area contributed by atoms with Crippen molar-refractivity contribution in [3.8, 4) is 0 Å². The summed E-state index contributed by atoms with van der Waals surface area (Å²) in [6, 6.07) is 3.90. The highest BCUT2D eigenvalue weighted by molar-refractivity contribution is 5.94. The number of ether oxygens (including phenoxy) is 1. The van der Waals surface area contributed by atoms with Gasteiger partial charge in [-0.1, -0.05) is 0 Å². The van der Waals surface area contributed by atoms with Gasteiger partial charge in [0.05, 0.1) is 22.0 Å². The van der Waals surface area contributed by atoms with Crippen molar-refractivity contribution in [2.75, 3.05) is 0 Å². The van der Waals surface area contributed by atoms with E-state index in [0.29, 0.717) is 18.8 Å². The molecule has 0 spiro atoms. The molecule has 0 radical (unpaired) electrons. The van der Waals surface area contributed by atoms with Crippen molar-refractivity contribution in [3.05, 3.63) is 74.6 Å². The fourth-order valence-corrected chi connectivity index (χ4v) is 3.21. The van der Waals surface area contributed by atoms with Crippen molar-refractivity contribution in [3.63, 3.8) is 0 Å². The number of fused-ring (bicyclic) bond motifs is 2. The van der Waals surface area contributed by atoms with Gasteiger partial charge in [-0.2, -0.15) is 0 Å². The molecule has 29 heavy (non-hydrogen) atoms. The third-order valence-corrected chi connectivity index (χ3v) is 4.70. The monoisotopic (exact) mass is 410 g/mol. The fourth-order valence-electron chi connectivity index (χ4n) is 3.21. The summed E-state index contributed by atoms with van der Waals surface area (Å²) in [7, 11) is 0. The summed E-state index contributed by atoms with van der Waals surface area (Å²) in [6.45, 7) is -0.605. The predicted molar refractivity (Wildman–Crippen MR) is 89.7 cm³/mol. The largest absolute Gasteiger partial charge is 0.457 e. The van der Waals surface area contributed by atoms with Gasteiger partial charge in [-0.25, -0.2) is 31.7 Å². The zero-order valence-electron chi connectivity index (χ0n) is 14.6. The number of carbonyl (C=O) groups is 1. The first-order valence-corrected chi connectivity index (χ1v) is 8.50. The number of rotatable bonds is 3. The van der Waals surface area contributed by atoms with Crippen LogP contribution < -0.4 is 5.56 Å². The van der Waals surface area contributed by atoms with Crippen LogP contribution >= 0.6 is 0 Å². The lowest BCUT2D eigenvalue weighted by Gasteiger charge is -2.10.